The van der Waals surface area contributed by atoms with Gasteiger partial charge < -0.3 is 20.7 Å². The molecule has 0 aliphatic carbocycles. The summed E-state index contributed by atoms with van der Waals surface area (Å²) >= 11 is 0. The molecule has 0 radical (unpaired) electrons. The van der Waals surface area contributed by atoms with Crippen LogP contribution in [0.4, 0.5) is 23.0 Å². The molecule has 2 aromatic carbocycles. The number of aryl methyl sites for hydroxylation is 1. The fourth-order valence-electron chi connectivity index (χ4n) is 3.48. The molecule has 0 fully saturated rings. The number of nitrogens with one attached hydrogen (secondary N) is 3. The number of ether oxygens (including phenoxy) is 1. The average molecular weight is 452 g/mol. The first-order valence-electron chi connectivity index (χ1n) is 10.5. The monoisotopic (exact) mass is 452 g/mol. The molecule has 3 heterocycles. The summed E-state index contributed by atoms with van der Waals surface area (Å²) in [6.45, 7) is 1.91. The molecule has 4 aromatic rings. The fraction of sp³-hybridized carbons (Fsp3) is 0.0800. The van der Waals surface area contributed by atoms with Crippen LogP contribution in [-0.2, 0) is 4.79 Å². The molecule has 0 unspecified atom stereocenters. The minimum Gasteiger partial charge on any atom is -0.482 e. The van der Waals surface area contributed by atoms with Crippen molar-refractivity contribution in [3.8, 4) is 17.0 Å². The predicted octanol–water partition coefficient (Wildman–Crippen LogP) is 4.17. The van der Waals surface area contributed by atoms with Gasteiger partial charge in [-0.15, -0.1) is 0 Å². The van der Waals surface area contributed by atoms with Gasteiger partial charge in [0, 0.05) is 41.1 Å². The highest BCUT2D eigenvalue weighted by Gasteiger charge is 2.17. The Morgan fingerprint density at radius 3 is 2.85 bits per heavy atom. The van der Waals surface area contributed by atoms with E-state index in [1.807, 2.05) is 31.2 Å². The summed E-state index contributed by atoms with van der Waals surface area (Å²) < 4.78 is 5.35. The van der Waals surface area contributed by atoms with E-state index >= 15 is 0 Å². The summed E-state index contributed by atoms with van der Waals surface area (Å²) in [5, 5.41) is 8.78. The van der Waals surface area contributed by atoms with Crippen LogP contribution in [0.15, 0.2) is 73.2 Å². The van der Waals surface area contributed by atoms with E-state index in [9.17, 15) is 9.59 Å². The van der Waals surface area contributed by atoms with E-state index in [0.717, 1.165) is 16.8 Å². The fourth-order valence-corrected chi connectivity index (χ4v) is 3.48. The van der Waals surface area contributed by atoms with Gasteiger partial charge in [0.1, 0.15) is 5.75 Å². The van der Waals surface area contributed by atoms with Gasteiger partial charge in [-0.3, -0.25) is 14.6 Å². The van der Waals surface area contributed by atoms with Crippen LogP contribution in [0.5, 0.6) is 5.75 Å². The molecule has 0 atom stereocenters. The summed E-state index contributed by atoms with van der Waals surface area (Å²) in [6.07, 6.45) is 5.11. The molecule has 2 amide bonds. The molecular weight excluding hydrogens is 432 g/mol. The van der Waals surface area contributed by atoms with E-state index in [-0.39, 0.29) is 18.4 Å². The first-order valence-corrected chi connectivity index (χ1v) is 10.5. The molecule has 5 rings (SSSR count). The number of pyridine rings is 1. The number of amides is 2. The Kier molecular flexibility index (Phi) is 5.57. The highest BCUT2D eigenvalue weighted by molar-refractivity contribution is 6.06. The molecule has 0 saturated heterocycles. The molecule has 1 aliphatic heterocycles. The zero-order chi connectivity index (χ0) is 23.5. The number of carbonyl (C=O) groups excluding carboxylic acids is 2. The van der Waals surface area contributed by atoms with Crippen molar-refractivity contribution < 1.29 is 14.3 Å². The summed E-state index contributed by atoms with van der Waals surface area (Å²) in [7, 11) is 0. The largest absolute Gasteiger partial charge is 0.482 e. The molecule has 0 saturated carbocycles. The Bertz CT molecular complexity index is 1390. The third-order valence-electron chi connectivity index (χ3n) is 5.23. The van der Waals surface area contributed by atoms with Gasteiger partial charge in [0.25, 0.3) is 11.8 Å². The van der Waals surface area contributed by atoms with Gasteiger partial charge in [0.2, 0.25) is 5.95 Å². The molecular formula is C25H20N6O3. The van der Waals surface area contributed by atoms with E-state index in [1.165, 1.54) is 0 Å². The highest BCUT2D eigenvalue weighted by atomic mass is 16.5. The van der Waals surface area contributed by atoms with Crippen LogP contribution >= 0.6 is 0 Å². The van der Waals surface area contributed by atoms with Crippen LogP contribution in [0.1, 0.15) is 15.9 Å². The number of hydrogen-bond donors (Lipinski definition) is 3. The zero-order valence-electron chi connectivity index (χ0n) is 18.2. The number of carbonyl (C=O) groups is 2. The first-order chi connectivity index (χ1) is 16.5. The van der Waals surface area contributed by atoms with Gasteiger partial charge in [-0.2, -0.15) is 0 Å². The molecule has 0 bridgehead atoms. The standard InChI is InChI=1S/C25H20N6O3/c1-15-4-5-16(24(33)28-18-6-7-22-21(12-18)29-23(32)14-34-22)11-20(15)31-25-27-10-8-19(30-25)17-3-2-9-26-13-17/h2-13H,14H2,1H3,(H,28,33)(H,29,32)(H,27,30,31). The van der Waals surface area contributed by atoms with Crippen molar-refractivity contribution in [3.63, 3.8) is 0 Å². The summed E-state index contributed by atoms with van der Waals surface area (Å²) in [5.74, 6) is 0.441. The van der Waals surface area contributed by atoms with Crippen molar-refractivity contribution in [1.29, 1.82) is 0 Å². The molecule has 1 aliphatic rings. The number of hydrogen-bond acceptors (Lipinski definition) is 7. The van der Waals surface area contributed by atoms with Crippen molar-refractivity contribution in [2.45, 2.75) is 6.92 Å². The molecule has 2 aromatic heterocycles. The summed E-state index contributed by atoms with van der Waals surface area (Å²) in [4.78, 5) is 37.5. The topological polar surface area (TPSA) is 118 Å². The lowest BCUT2D eigenvalue weighted by Crippen LogP contribution is -2.25. The average Bonchev–Trinajstić information content (AvgIpc) is 2.86. The lowest BCUT2D eigenvalue weighted by molar-refractivity contribution is -0.118. The van der Waals surface area contributed by atoms with Crippen molar-refractivity contribution in [2.75, 3.05) is 22.6 Å². The summed E-state index contributed by atoms with van der Waals surface area (Å²) in [6, 6.07) is 16.0. The Morgan fingerprint density at radius 1 is 1.09 bits per heavy atom. The Hall–Kier alpha value is -4.79. The quantitative estimate of drug-likeness (QED) is 0.416. The van der Waals surface area contributed by atoms with E-state index in [2.05, 4.69) is 30.9 Å². The SMILES string of the molecule is Cc1ccc(C(=O)Nc2ccc3c(c2)NC(=O)CO3)cc1Nc1nccc(-c2cccnc2)n1. The number of nitrogens with zero attached hydrogens (tertiary/aromatic N) is 3. The van der Waals surface area contributed by atoms with Gasteiger partial charge in [-0.25, -0.2) is 9.97 Å². The van der Waals surface area contributed by atoms with Gasteiger partial charge >= 0.3 is 0 Å². The molecule has 9 heteroatoms. The number of anilines is 4. The van der Waals surface area contributed by atoms with E-state index in [4.69, 9.17) is 4.74 Å². The molecule has 168 valence electrons. The third-order valence-corrected chi connectivity index (χ3v) is 5.23. The van der Waals surface area contributed by atoms with Crippen LogP contribution in [0.25, 0.3) is 11.3 Å². The molecule has 3 N–H and O–H groups in total. The van der Waals surface area contributed by atoms with Crippen LogP contribution in [0, 0.1) is 6.92 Å². The minimum absolute atomic E-state index is 0.0211. The van der Waals surface area contributed by atoms with Crippen LogP contribution in [0.2, 0.25) is 0 Å². The number of rotatable bonds is 5. The van der Waals surface area contributed by atoms with Gasteiger partial charge in [-0.1, -0.05) is 6.07 Å². The number of aromatic nitrogens is 3. The van der Waals surface area contributed by atoms with Crippen LogP contribution < -0.4 is 20.7 Å². The van der Waals surface area contributed by atoms with Crippen LogP contribution in [-0.4, -0.2) is 33.4 Å². The van der Waals surface area contributed by atoms with Crippen molar-refractivity contribution in [2.24, 2.45) is 0 Å². The zero-order valence-corrected chi connectivity index (χ0v) is 18.2. The van der Waals surface area contributed by atoms with Crippen LogP contribution in [0.3, 0.4) is 0 Å². The smallest absolute Gasteiger partial charge is 0.262 e. The van der Waals surface area contributed by atoms with E-state index in [0.29, 0.717) is 34.3 Å². The maximum Gasteiger partial charge on any atom is 0.262 e. The van der Waals surface area contributed by atoms with Crippen molar-refractivity contribution in [1.82, 2.24) is 15.0 Å². The van der Waals surface area contributed by atoms with Gasteiger partial charge in [0.05, 0.1) is 11.4 Å². The van der Waals surface area contributed by atoms with Crippen molar-refractivity contribution in [3.05, 3.63) is 84.3 Å². The summed E-state index contributed by atoms with van der Waals surface area (Å²) in [5.41, 5.74) is 4.77. The Balaban J connectivity index is 1.35. The normalized spacial score (nSPS) is 12.2. The van der Waals surface area contributed by atoms with E-state index < -0.39 is 0 Å². The molecule has 0 spiro atoms. The van der Waals surface area contributed by atoms with E-state index in [1.54, 1.807) is 48.9 Å². The number of benzene rings is 2. The Morgan fingerprint density at radius 2 is 2.00 bits per heavy atom. The van der Waals surface area contributed by atoms with Crippen molar-refractivity contribution >= 4 is 34.8 Å². The second kappa shape index (κ2) is 8.99. The molecule has 34 heavy (non-hydrogen) atoms. The highest BCUT2D eigenvalue weighted by Crippen LogP contribution is 2.31. The second-order valence-corrected chi connectivity index (χ2v) is 7.66. The predicted molar refractivity (Wildman–Crippen MR) is 128 cm³/mol. The van der Waals surface area contributed by atoms with Gasteiger partial charge in [0.15, 0.2) is 6.61 Å². The lowest BCUT2D eigenvalue weighted by atomic mass is 10.1. The number of fused-ring (bicyclic) bond motifs is 1. The first kappa shape index (κ1) is 21.1. The molecule has 9 nitrogen and oxygen atoms in total. The Labute approximate surface area is 195 Å². The second-order valence-electron chi connectivity index (χ2n) is 7.66. The van der Waals surface area contributed by atoms with Gasteiger partial charge in [-0.05, 0) is 61.0 Å². The maximum absolute atomic E-state index is 12.9. The maximum atomic E-state index is 12.9. The third kappa shape index (κ3) is 4.53. The lowest BCUT2D eigenvalue weighted by Gasteiger charge is -2.18. The minimum atomic E-state index is -0.295.